The molecule has 1 aromatic heterocycles. The minimum Gasteiger partial charge on any atom is -0.444 e. The molecule has 0 bridgehead atoms. The molecule has 0 aromatic carbocycles. The van der Waals surface area contributed by atoms with Gasteiger partial charge >= 0.3 is 6.09 Å². The number of aromatic nitrogens is 3. The van der Waals surface area contributed by atoms with E-state index in [9.17, 15) is 4.79 Å². The van der Waals surface area contributed by atoms with Crippen LogP contribution in [0.1, 0.15) is 40.4 Å². The number of nitrogens with zero attached hydrogens (tertiary/aromatic N) is 5. The van der Waals surface area contributed by atoms with Gasteiger partial charge in [0.2, 0.25) is 0 Å². The van der Waals surface area contributed by atoms with Crippen LogP contribution >= 0.6 is 24.0 Å². The molecule has 0 atom stereocenters. The molecule has 1 amide bonds. The van der Waals surface area contributed by atoms with E-state index < -0.39 is 5.60 Å². The van der Waals surface area contributed by atoms with Gasteiger partial charge < -0.3 is 24.8 Å². The lowest BCUT2D eigenvalue weighted by Crippen LogP contribution is -2.44. The highest BCUT2D eigenvalue weighted by atomic mass is 127. The largest absolute Gasteiger partial charge is 0.444 e. The molecular weight excluding hydrogens is 461 g/mol. The number of rotatable bonds is 8. The van der Waals surface area contributed by atoms with Crippen molar-refractivity contribution in [1.82, 2.24) is 30.3 Å². The third-order valence-electron chi connectivity index (χ3n) is 3.59. The van der Waals surface area contributed by atoms with Crippen molar-refractivity contribution in [3.8, 4) is 0 Å². The van der Waals surface area contributed by atoms with Crippen LogP contribution in [-0.2, 0) is 17.7 Å². The van der Waals surface area contributed by atoms with E-state index in [1.54, 1.807) is 18.3 Å². The maximum atomic E-state index is 12.1. The molecule has 27 heavy (non-hydrogen) atoms. The third kappa shape index (κ3) is 9.78. The number of guanidine groups is 1. The Balaban J connectivity index is 0.00000676. The summed E-state index contributed by atoms with van der Waals surface area (Å²) >= 11 is 0. The van der Waals surface area contributed by atoms with Crippen molar-refractivity contribution < 1.29 is 9.53 Å². The summed E-state index contributed by atoms with van der Waals surface area (Å²) in [5.41, 5.74) is -0.491. The van der Waals surface area contributed by atoms with E-state index in [0.717, 1.165) is 18.8 Å². The van der Waals surface area contributed by atoms with Crippen LogP contribution < -0.4 is 10.6 Å². The number of halogens is 1. The van der Waals surface area contributed by atoms with Crippen molar-refractivity contribution in [2.24, 2.45) is 4.99 Å². The summed E-state index contributed by atoms with van der Waals surface area (Å²) < 4.78 is 7.42. The van der Waals surface area contributed by atoms with Gasteiger partial charge in [-0.2, -0.15) is 0 Å². The lowest BCUT2D eigenvalue weighted by molar-refractivity contribution is 0.0264. The minimum absolute atomic E-state index is 0. The topological polar surface area (TPSA) is 96.7 Å². The number of likely N-dealkylation sites (N-methyl/N-ethyl adjacent to an activating group) is 1. The van der Waals surface area contributed by atoms with E-state index in [1.807, 2.05) is 32.3 Å². The second-order valence-corrected chi connectivity index (χ2v) is 6.78. The first-order valence-electron chi connectivity index (χ1n) is 9.09. The zero-order valence-corrected chi connectivity index (χ0v) is 19.6. The van der Waals surface area contributed by atoms with Gasteiger partial charge in [-0.15, -0.1) is 34.2 Å². The van der Waals surface area contributed by atoms with Gasteiger partial charge in [0.15, 0.2) is 5.96 Å². The van der Waals surface area contributed by atoms with Crippen molar-refractivity contribution in [1.29, 1.82) is 0 Å². The van der Waals surface area contributed by atoms with Crippen LogP contribution in [0, 0.1) is 0 Å². The molecule has 0 saturated carbocycles. The molecule has 0 aliphatic heterocycles. The Kier molecular flexibility index (Phi) is 12.0. The first-order valence-corrected chi connectivity index (χ1v) is 9.09. The number of carbonyl (C=O) groups excluding carboxylic acids is 1. The molecular formula is C17H34IN7O2. The van der Waals surface area contributed by atoms with Crippen LogP contribution in [0.15, 0.2) is 11.3 Å². The number of nitrogens with one attached hydrogen (secondary N) is 2. The van der Waals surface area contributed by atoms with Crippen LogP contribution in [0.25, 0.3) is 0 Å². The summed E-state index contributed by atoms with van der Waals surface area (Å²) in [6, 6.07) is 0. The summed E-state index contributed by atoms with van der Waals surface area (Å²) in [5, 5.41) is 14.4. The van der Waals surface area contributed by atoms with Crippen LogP contribution in [0.2, 0.25) is 0 Å². The predicted molar refractivity (Wildman–Crippen MR) is 118 cm³/mol. The first-order chi connectivity index (χ1) is 12.3. The molecule has 0 aliphatic rings. The summed E-state index contributed by atoms with van der Waals surface area (Å²) in [7, 11) is 1.72. The summed E-state index contributed by atoms with van der Waals surface area (Å²) in [6.07, 6.45) is 2.28. The Labute approximate surface area is 179 Å². The van der Waals surface area contributed by atoms with Gasteiger partial charge in [-0.05, 0) is 27.7 Å². The number of aryl methyl sites for hydroxylation is 1. The lowest BCUT2D eigenvalue weighted by atomic mass is 10.2. The zero-order chi connectivity index (χ0) is 19.6. The third-order valence-corrected chi connectivity index (χ3v) is 3.59. The van der Waals surface area contributed by atoms with Gasteiger partial charge in [-0.25, -0.2) is 4.79 Å². The number of aliphatic imine (C=N–C) groups is 1. The van der Waals surface area contributed by atoms with E-state index in [2.05, 4.69) is 32.7 Å². The Morgan fingerprint density at radius 3 is 2.52 bits per heavy atom. The van der Waals surface area contributed by atoms with Gasteiger partial charge in [0, 0.05) is 46.2 Å². The molecule has 1 aromatic rings. The standard InChI is InChI=1S/C17H33N7O2.HI/c1-7-14-22-21-13-24(14)12-10-20-15(18-6)19-9-11-23(8-2)16(25)26-17(3,4)5;/h13H,7-12H2,1-6H3,(H2,18,19,20);1H. The molecule has 0 unspecified atom stereocenters. The molecule has 10 heteroatoms. The summed E-state index contributed by atoms with van der Waals surface area (Å²) in [6.45, 7) is 12.8. The van der Waals surface area contributed by atoms with Gasteiger partial charge in [0.1, 0.15) is 17.8 Å². The van der Waals surface area contributed by atoms with E-state index in [-0.39, 0.29) is 30.1 Å². The average Bonchev–Trinajstić information content (AvgIpc) is 3.02. The lowest BCUT2D eigenvalue weighted by Gasteiger charge is -2.26. The molecule has 156 valence electrons. The minimum atomic E-state index is -0.491. The average molecular weight is 495 g/mol. The zero-order valence-electron chi connectivity index (χ0n) is 17.3. The van der Waals surface area contributed by atoms with Crippen LogP contribution in [0.3, 0.4) is 0 Å². The fourth-order valence-electron chi connectivity index (χ4n) is 2.27. The second kappa shape index (κ2) is 12.7. The van der Waals surface area contributed by atoms with Crippen molar-refractivity contribution in [2.75, 3.05) is 33.2 Å². The van der Waals surface area contributed by atoms with Crippen molar-refractivity contribution in [3.63, 3.8) is 0 Å². The maximum Gasteiger partial charge on any atom is 0.410 e. The van der Waals surface area contributed by atoms with Crippen LogP contribution in [-0.4, -0.2) is 70.5 Å². The fourth-order valence-corrected chi connectivity index (χ4v) is 2.27. The number of amides is 1. The Hall–Kier alpha value is -1.59. The molecule has 0 aliphatic carbocycles. The van der Waals surface area contributed by atoms with Crippen molar-refractivity contribution in [3.05, 3.63) is 12.2 Å². The maximum absolute atomic E-state index is 12.1. The molecule has 9 nitrogen and oxygen atoms in total. The van der Waals surface area contributed by atoms with E-state index in [0.29, 0.717) is 32.1 Å². The Bertz CT molecular complexity index is 584. The van der Waals surface area contributed by atoms with Gasteiger partial charge in [0.25, 0.3) is 0 Å². The molecule has 0 radical (unpaired) electrons. The molecule has 0 spiro atoms. The van der Waals surface area contributed by atoms with Gasteiger partial charge in [-0.3, -0.25) is 4.99 Å². The van der Waals surface area contributed by atoms with Crippen LogP contribution in [0.4, 0.5) is 4.79 Å². The summed E-state index contributed by atoms with van der Waals surface area (Å²) in [5.74, 6) is 1.65. The van der Waals surface area contributed by atoms with Crippen LogP contribution in [0.5, 0.6) is 0 Å². The van der Waals surface area contributed by atoms with Crippen molar-refractivity contribution >= 4 is 36.0 Å². The Morgan fingerprint density at radius 1 is 1.30 bits per heavy atom. The number of carbonyl (C=O) groups is 1. The van der Waals surface area contributed by atoms with Gasteiger partial charge in [-0.1, -0.05) is 6.92 Å². The van der Waals surface area contributed by atoms with E-state index >= 15 is 0 Å². The number of hydrogen-bond donors (Lipinski definition) is 2. The van der Waals surface area contributed by atoms with Crippen molar-refractivity contribution in [2.45, 2.75) is 53.2 Å². The number of ether oxygens (including phenoxy) is 1. The number of hydrogen-bond acceptors (Lipinski definition) is 5. The quantitative estimate of drug-likeness (QED) is 0.325. The highest BCUT2D eigenvalue weighted by molar-refractivity contribution is 14.0. The molecule has 1 heterocycles. The predicted octanol–water partition coefficient (Wildman–Crippen LogP) is 1.88. The first kappa shape index (κ1) is 25.4. The normalized spacial score (nSPS) is 11.6. The molecule has 1 rings (SSSR count). The molecule has 2 N–H and O–H groups in total. The highest BCUT2D eigenvalue weighted by Gasteiger charge is 2.20. The fraction of sp³-hybridized carbons (Fsp3) is 0.765. The molecule has 0 fully saturated rings. The monoisotopic (exact) mass is 495 g/mol. The Morgan fingerprint density at radius 2 is 1.96 bits per heavy atom. The molecule has 0 saturated heterocycles. The highest BCUT2D eigenvalue weighted by Crippen LogP contribution is 2.09. The van der Waals surface area contributed by atoms with E-state index in [4.69, 9.17) is 4.74 Å². The smallest absolute Gasteiger partial charge is 0.410 e. The van der Waals surface area contributed by atoms with E-state index in [1.165, 1.54) is 0 Å². The van der Waals surface area contributed by atoms with Gasteiger partial charge in [0.05, 0.1) is 0 Å². The summed E-state index contributed by atoms with van der Waals surface area (Å²) in [4.78, 5) is 18.0. The second-order valence-electron chi connectivity index (χ2n) is 6.78. The SMILES string of the molecule is CCc1nncn1CCNC(=NC)NCCN(CC)C(=O)OC(C)(C)C.I.